The molecule has 0 aliphatic carbocycles. The number of carboxylic acids is 1. The van der Waals surface area contributed by atoms with Crippen LogP contribution in [0.4, 0.5) is 0 Å². The van der Waals surface area contributed by atoms with Crippen molar-refractivity contribution < 1.29 is 28.6 Å². The van der Waals surface area contributed by atoms with E-state index in [1.807, 2.05) is 26.0 Å². The second kappa shape index (κ2) is 9.93. The number of aryl methyl sites for hydroxylation is 1. The highest BCUT2D eigenvalue weighted by atomic mass is 16.5. The van der Waals surface area contributed by atoms with Crippen molar-refractivity contribution in [3.8, 4) is 23.0 Å². The lowest BCUT2D eigenvalue weighted by atomic mass is 9.98. The van der Waals surface area contributed by atoms with Gasteiger partial charge in [-0.1, -0.05) is 24.3 Å². The van der Waals surface area contributed by atoms with Crippen molar-refractivity contribution in [1.82, 2.24) is 4.98 Å². The summed E-state index contributed by atoms with van der Waals surface area (Å²) in [7, 11) is 1.58. The Bertz CT molecular complexity index is 1070. The Morgan fingerprint density at radius 3 is 2.61 bits per heavy atom. The molecule has 7 heteroatoms. The molecule has 162 valence electrons. The Kier molecular flexibility index (Phi) is 7.07. The molecule has 0 amide bonds. The first kappa shape index (κ1) is 22.1. The lowest BCUT2D eigenvalue weighted by Gasteiger charge is -2.13. The Balaban J connectivity index is 1.71. The smallest absolute Gasteiger partial charge is 0.307 e. The van der Waals surface area contributed by atoms with Crippen LogP contribution in [0.5, 0.6) is 11.5 Å². The number of carbonyl (C=O) groups excluding carboxylic acids is 1. The maximum absolute atomic E-state index is 12.6. The number of methoxy groups -OCH3 is 1. The molecule has 1 heterocycles. The van der Waals surface area contributed by atoms with Gasteiger partial charge >= 0.3 is 5.97 Å². The number of carbonyl (C=O) groups is 2. The molecule has 0 aliphatic rings. The first-order chi connectivity index (χ1) is 14.9. The zero-order valence-corrected chi connectivity index (χ0v) is 17.8. The van der Waals surface area contributed by atoms with Gasteiger partial charge in [-0.3, -0.25) is 9.59 Å². The fourth-order valence-electron chi connectivity index (χ4n) is 3.20. The maximum atomic E-state index is 12.6. The standard InChI is InChI=1S/C24H25NO6/c1-15(2)31-22-12-17(8-11-21(22)29-3)24-25-18(14-30-24)9-10-20(26)19-7-5-4-6-16(19)13-23(27)28/h4-8,11-12,14-15H,9-10,13H2,1-3H3,(H,27,28). The van der Waals surface area contributed by atoms with E-state index >= 15 is 0 Å². The predicted octanol–water partition coefficient (Wildman–Crippen LogP) is 4.58. The fraction of sp³-hybridized carbons (Fsp3) is 0.292. The molecule has 1 N–H and O–H groups in total. The van der Waals surface area contributed by atoms with Gasteiger partial charge < -0.3 is 19.0 Å². The third-order valence-electron chi connectivity index (χ3n) is 4.59. The number of ketones is 1. The number of oxazole rings is 1. The molecule has 3 aromatic rings. The summed E-state index contributed by atoms with van der Waals surface area (Å²) < 4.78 is 16.7. The highest BCUT2D eigenvalue weighted by molar-refractivity contribution is 5.98. The summed E-state index contributed by atoms with van der Waals surface area (Å²) in [5.74, 6) is 0.542. The van der Waals surface area contributed by atoms with Gasteiger partial charge in [0.25, 0.3) is 0 Å². The van der Waals surface area contributed by atoms with Crippen molar-refractivity contribution in [3.05, 3.63) is 65.5 Å². The van der Waals surface area contributed by atoms with Crippen LogP contribution >= 0.6 is 0 Å². The van der Waals surface area contributed by atoms with Crippen molar-refractivity contribution in [1.29, 1.82) is 0 Å². The van der Waals surface area contributed by atoms with Gasteiger partial charge in [-0.05, 0) is 37.6 Å². The first-order valence-electron chi connectivity index (χ1n) is 9.99. The van der Waals surface area contributed by atoms with Gasteiger partial charge in [0.1, 0.15) is 6.26 Å². The quantitative estimate of drug-likeness (QED) is 0.477. The van der Waals surface area contributed by atoms with E-state index in [2.05, 4.69) is 4.98 Å². The summed E-state index contributed by atoms with van der Waals surface area (Å²) in [6, 6.07) is 12.2. The lowest BCUT2D eigenvalue weighted by Crippen LogP contribution is -2.09. The van der Waals surface area contributed by atoms with Crippen LogP contribution in [-0.2, 0) is 17.6 Å². The number of aromatic nitrogens is 1. The summed E-state index contributed by atoms with van der Waals surface area (Å²) >= 11 is 0. The second-order valence-corrected chi connectivity index (χ2v) is 7.33. The summed E-state index contributed by atoms with van der Waals surface area (Å²) in [5.41, 5.74) is 2.32. The minimum absolute atomic E-state index is 0.0145. The van der Waals surface area contributed by atoms with E-state index in [9.17, 15) is 9.59 Å². The first-order valence-corrected chi connectivity index (χ1v) is 9.99. The summed E-state index contributed by atoms with van der Waals surface area (Å²) in [6.45, 7) is 3.86. The Morgan fingerprint density at radius 1 is 1.13 bits per heavy atom. The van der Waals surface area contributed by atoms with Crippen molar-refractivity contribution in [2.45, 2.75) is 39.2 Å². The molecule has 0 fully saturated rings. The van der Waals surface area contributed by atoms with Crippen molar-refractivity contribution >= 4 is 11.8 Å². The fourth-order valence-corrected chi connectivity index (χ4v) is 3.20. The number of benzene rings is 2. The molecule has 31 heavy (non-hydrogen) atoms. The Hall–Kier alpha value is -3.61. The number of hydrogen-bond acceptors (Lipinski definition) is 6. The molecule has 3 rings (SSSR count). The third-order valence-corrected chi connectivity index (χ3v) is 4.59. The normalized spacial score (nSPS) is 10.8. The molecular formula is C24H25NO6. The number of carboxylic acid groups (broad SMARTS) is 1. The van der Waals surface area contributed by atoms with E-state index in [4.69, 9.17) is 19.0 Å². The van der Waals surface area contributed by atoms with Crippen LogP contribution in [0, 0.1) is 0 Å². The number of nitrogens with zero attached hydrogens (tertiary/aromatic N) is 1. The highest BCUT2D eigenvalue weighted by Gasteiger charge is 2.16. The summed E-state index contributed by atoms with van der Waals surface area (Å²) in [6.07, 6.45) is 1.91. The number of aliphatic carboxylic acids is 1. The van der Waals surface area contributed by atoms with E-state index in [1.54, 1.807) is 37.4 Å². The van der Waals surface area contributed by atoms with Gasteiger partial charge in [-0.25, -0.2) is 4.98 Å². The average molecular weight is 423 g/mol. The zero-order valence-electron chi connectivity index (χ0n) is 17.8. The minimum atomic E-state index is -0.971. The van der Waals surface area contributed by atoms with Crippen molar-refractivity contribution in [2.24, 2.45) is 0 Å². The minimum Gasteiger partial charge on any atom is -0.493 e. The van der Waals surface area contributed by atoms with E-state index in [-0.39, 0.29) is 24.7 Å². The summed E-state index contributed by atoms with van der Waals surface area (Å²) in [5, 5.41) is 9.04. The van der Waals surface area contributed by atoms with E-state index in [0.29, 0.717) is 40.6 Å². The van der Waals surface area contributed by atoms with Gasteiger partial charge in [-0.15, -0.1) is 0 Å². The molecular weight excluding hydrogens is 398 g/mol. The number of hydrogen-bond donors (Lipinski definition) is 1. The van der Waals surface area contributed by atoms with Crippen LogP contribution in [0.1, 0.15) is 41.9 Å². The van der Waals surface area contributed by atoms with Crippen molar-refractivity contribution in [2.75, 3.05) is 7.11 Å². The second-order valence-electron chi connectivity index (χ2n) is 7.33. The number of rotatable bonds is 10. The van der Waals surface area contributed by atoms with E-state index < -0.39 is 5.97 Å². The molecule has 0 saturated heterocycles. The van der Waals surface area contributed by atoms with Crippen LogP contribution in [0.25, 0.3) is 11.5 Å². The van der Waals surface area contributed by atoms with Gasteiger partial charge in [0, 0.05) is 24.0 Å². The van der Waals surface area contributed by atoms with E-state index in [1.165, 1.54) is 6.26 Å². The van der Waals surface area contributed by atoms with E-state index in [0.717, 1.165) is 5.56 Å². The van der Waals surface area contributed by atoms with Crippen LogP contribution in [-0.4, -0.2) is 35.1 Å². The van der Waals surface area contributed by atoms with Crippen LogP contribution < -0.4 is 9.47 Å². The molecule has 0 saturated carbocycles. The number of Topliss-reactive ketones (excluding diaryl/α,β-unsaturated/α-hetero) is 1. The van der Waals surface area contributed by atoms with Crippen LogP contribution in [0.2, 0.25) is 0 Å². The van der Waals surface area contributed by atoms with Gasteiger partial charge in [0.2, 0.25) is 5.89 Å². The molecule has 0 radical (unpaired) electrons. The molecule has 0 spiro atoms. The molecule has 0 aliphatic heterocycles. The van der Waals surface area contributed by atoms with Crippen LogP contribution in [0.15, 0.2) is 53.1 Å². The molecule has 0 bridgehead atoms. The molecule has 0 unspecified atom stereocenters. The summed E-state index contributed by atoms with van der Waals surface area (Å²) in [4.78, 5) is 28.1. The molecule has 1 aromatic heterocycles. The Morgan fingerprint density at radius 2 is 1.90 bits per heavy atom. The largest absolute Gasteiger partial charge is 0.493 e. The topological polar surface area (TPSA) is 98.9 Å². The van der Waals surface area contributed by atoms with Crippen LogP contribution in [0.3, 0.4) is 0 Å². The SMILES string of the molecule is COc1ccc(-c2nc(CCC(=O)c3ccccc3CC(=O)O)co2)cc1OC(C)C. The van der Waals surface area contributed by atoms with Gasteiger partial charge in [0.15, 0.2) is 17.3 Å². The number of ether oxygens (including phenoxy) is 2. The average Bonchev–Trinajstić information content (AvgIpc) is 3.20. The maximum Gasteiger partial charge on any atom is 0.307 e. The third kappa shape index (κ3) is 5.72. The predicted molar refractivity (Wildman–Crippen MR) is 115 cm³/mol. The zero-order chi connectivity index (χ0) is 22.4. The lowest BCUT2D eigenvalue weighted by molar-refractivity contribution is -0.136. The van der Waals surface area contributed by atoms with Gasteiger partial charge in [0.05, 0.1) is 25.3 Å². The molecule has 0 atom stereocenters. The molecule has 2 aromatic carbocycles. The monoisotopic (exact) mass is 423 g/mol. The highest BCUT2D eigenvalue weighted by Crippen LogP contribution is 2.33. The molecule has 7 nitrogen and oxygen atoms in total. The Labute approximate surface area is 180 Å². The van der Waals surface area contributed by atoms with Crippen molar-refractivity contribution in [3.63, 3.8) is 0 Å². The van der Waals surface area contributed by atoms with Gasteiger partial charge in [-0.2, -0.15) is 0 Å².